The predicted molar refractivity (Wildman–Crippen MR) is 135 cm³/mol. The van der Waals surface area contributed by atoms with E-state index in [9.17, 15) is 4.79 Å². The Bertz CT molecular complexity index is 1040. The monoisotopic (exact) mass is 503 g/mol. The Morgan fingerprint density at radius 3 is 2.24 bits per heavy atom. The van der Waals surface area contributed by atoms with Crippen molar-refractivity contribution >= 4 is 40.5 Å². The van der Waals surface area contributed by atoms with Gasteiger partial charge in [0.1, 0.15) is 11.3 Å². The zero-order valence-electron chi connectivity index (χ0n) is 18.6. The average Bonchev–Trinajstić information content (AvgIpc) is 2.83. The number of aromatic nitrogens is 1. The number of halogens is 2. The largest absolute Gasteiger partial charge is 0.507 e. The lowest BCUT2D eigenvalue weighted by Crippen LogP contribution is -2.37. The van der Waals surface area contributed by atoms with Crippen molar-refractivity contribution in [1.29, 1.82) is 0 Å². The molecule has 0 radical (unpaired) electrons. The molecule has 1 aliphatic heterocycles. The van der Waals surface area contributed by atoms with Crippen molar-refractivity contribution in [3.63, 3.8) is 0 Å². The molecule has 7 nitrogen and oxygen atoms in total. The second kappa shape index (κ2) is 13.2. The smallest absolute Gasteiger partial charge is 0.339 e. The van der Waals surface area contributed by atoms with Gasteiger partial charge >= 0.3 is 5.97 Å². The molecule has 0 aliphatic carbocycles. The molecule has 0 atom stereocenters. The summed E-state index contributed by atoms with van der Waals surface area (Å²) in [4.78, 5) is 19.1. The van der Waals surface area contributed by atoms with Gasteiger partial charge in [-0.05, 0) is 48.9 Å². The third-order valence-corrected chi connectivity index (χ3v) is 5.66. The lowest BCUT2D eigenvalue weighted by Gasteiger charge is -2.29. The Morgan fingerprint density at radius 1 is 1.00 bits per heavy atom. The number of para-hydroxylation sites is 1. The number of anilines is 2. The standard InChI is InChI=1S/C18H21Cl2N3O.C7H6O3/c19-15-12-16(20)14-18(13-15)23(17-2-4-21-5-3-17)7-1-6-22-8-10-24-11-9-22;8-6-4-2-1-3-5(6)7(9)10/h2-5,12-14H,1,6-11H2;1-4,8H,(H,9,10). The van der Waals surface area contributed by atoms with Crippen LogP contribution in [0.2, 0.25) is 10.0 Å². The van der Waals surface area contributed by atoms with Gasteiger partial charge in [0.25, 0.3) is 0 Å². The molecule has 1 aromatic heterocycles. The van der Waals surface area contributed by atoms with Gasteiger partial charge in [-0.25, -0.2) is 4.79 Å². The highest BCUT2D eigenvalue weighted by atomic mass is 35.5. The molecule has 1 fully saturated rings. The van der Waals surface area contributed by atoms with Gasteiger partial charge in [-0.2, -0.15) is 0 Å². The van der Waals surface area contributed by atoms with Crippen LogP contribution in [0.15, 0.2) is 67.0 Å². The number of carboxylic acids is 1. The zero-order chi connectivity index (χ0) is 24.3. The van der Waals surface area contributed by atoms with Crippen molar-refractivity contribution in [3.05, 3.63) is 82.6 Å². The number of rotatable bonds is 7. The second-order valence-electron chi connectivity index (χ2n) is 7.61. The summed E-state index contributed by atoms with van der Waals surface area (Å²) in [5.74, 6) is -1.31. The molecular weight excluding hydrogens is 477 g/mol. The average molecular weight is 504 g/mol. The summed E-state index contributed by atoms with van der Waals surface area (Å²) in [6, 6.07) is 15.5. The maximum absolute atomic E-state index is 10.3. The summed E-state index contributed by atoms with van der Waals surface area (Å²) in [5, 5.41) is 18.6. The first-order valence-electron chi connectivity index (χ1n) is 10.9. The van der Waals surface area contributed by atoms with E-state index in [0.29, 0.717) is 10.0 Å². The van der Waals surface area contributed by atoms with Crippen molar-refractivity contribution in [2.45, 2.75) is 6.42 Å². The van der Waals surface area contributed by atoms with E-state index in [4.69, 9.17) is 38.2 Å². The van der Waals surface area contributed by atoms with E-state index < -0.39 is 5.97 Å². The number of ether oxygens (including phenoxy) is 1. The molecule has 0 spiro atoms. The van der Waals surface area contributed by atoms with Crippen LogP contribution < -0.4 is 4.90 Å². The molecule has 0 amide bonds. The number of carbonyl (C=O) groups is 1. The SMILES string of the molecule is Clc1cc(Cl)cc(N(CCCN2CCOCC2)c2ccncc2)c1.O=C(O)c1ccccc1O. The van der Waals surface area contributed by atoms with Crippen LogP contribution in [0.25, 0.3) is 0 Å². The van der Waals surface area contributed by atoms with Gasteiger partial charge < -0.3 is 19.8 Å². The van der Waals surface area contributed by atoms with E-state index in [-0.39, 0.29) is 11.3 Å². The molecule has 2 N–H and O–H groups in total. The second-order valence-corrected chi connectivity index (χ2v) is 8.49. The highest BCUT2D eigenvalue weighted by molar-refractivity contribution is 6.35. The summed E-state index contributed by atoms with van der Waals surface area (Å²) in [5.41, 5.74) is 2.02. The van der Waals surface area contributed by atoms with E-state index in [1.54, 1.807) is 30.6 Å². The molecule has 180 valence electrons. The van der Waals surface area contributed by atoms with E-state index >= 15 is 0 Å². The molecular formula is C25H27Cl2N3O4. The highest BCUT2D eigenvalue weighted by Crippen LogP contribution is 2.30. The van der Waals surface area contributed by atoms with Gasteiger partial charge in [0.05, 0.1) is 13.2 Å². The first-order chi connectivity index (χ1) is 16.4. The molecule has 9 heteroatoms. The van der Waals surface area contributed by atoms with E-state index in [0.717, 1.165) is 57.2 Å². The van der Waals surface area contributed by atoms with E-state index in [1.165, 1.54) is 12.1 Å². The Kier molecular flexibility index (Phi) is 9.97. The Labute approximate surface area is 209 Å². The summed E-state index contributed by atoms with van der Waals surface area (Å²) < 4.78 is 5.40. The fourth-order valence-corrected chi connectivity index (χ4v) is 4.07. The summed E-state index contributed by atoms with van der Waals surface area (Å²) in [6.07, 6.45) is 4.65. The van der Waals surface area contributed by atoms with Crippen LogP contribution >= 0.6 is 23.2 Å². The van der Waals surface area contributed by atoms with Crippen LogP contribution in [0.5, 0.6) is 5.75 Å². The van der Waals surface area contributed by atoms with Crippen LogP contribution in [-0.4, -0.2) is 65.5 Å². The number of morpholine rings is 1. The maximum atomic E-state index is 10.3. The lowest BCUT2D eigenvalue weighted by molar-refractivity contribution is 0.0377. The first-order valence-corrected chi connectivity index (χ1v) is 11.6. The van der Waals surface area contributed by atoms with Gasteiger partial charge in [0, 0.05) is 60.0 Å². The number of hydrogen-bond donors (Lipinski definition) is 2. The van der Waals surface area contributed by atoms with Crippen LogP contribution in [0.3, 0.4) is 0 Å². The quantitative estimate of drug-likeness (QED) is 0.449. The molecule has 0 unspecified atom stereocenters. The molecule has 4 rings (SSSR count). The first kappa shape index (κ1) is 25.8. The third-order valence-electron chi connectivity index (χ3n) is 5.23. The van der Waals surface area contributed by atoms with Gasteiger partial charge in [-0.15, -0.1) is 0 Å². The number of hydrogen-bond acceptors (Lipinski definition) is 6. The number of pyridine rings is 1. The zero-order valence-corrected chi connectivity index (χ0v) is 20.1. The number of aromatic carboxylic acids is 1. The van der Waals surface area contributed by atoms with Crippen molar-refractivity contribution in [3.8, 4) is 5.75 Å². The van der Waals surface area contributed by atoms with Crippen molar-refractivity contribution < 1.29 is 19.7 Å². The third kappa shape index (κ3) is 7.88. The van der Waals surface area contributed by atoms with Crippen molar-refractivity contribution in [2.24, 2.45) is 0 Å². The van der Waals surface area contributed by atoms with Gasteiger partial charge in [-0.1, -0.05) is 35.3 Å². The maximum Gasteiger partial charge on any atom is 0.339 e. The molecule has 1 aliphatic rings. The summed E-state index contributed by atoms with van der Waals surface area (Å²) >= 11 is 12.4. The summed E-state index contributed by atoms with van der Waals surface area (Å²) in [7, 11) is 0. The number of carboxylic acid groups (broad SMARTS) is 1. The van der Waals surface area contributed by atoms with Gasteiger partial charge in [-0.3, -0.25) is 9.88 Å². The van der Waals surface area contributed by atoms with E-state index in [2.05, 4.69) is 14.8 Å². The number of nitrogens with zero attached hydrogens (tertiary/aromatic N) is 3. The topological polar surface area (TPSA) is 86.1 Å². The Morgan fingerprint density at radius 2 is 1.65 bits per heavy atom. The molecule has 0 bridgehead atoms. The number of phenols is 1. The fourth-order valence-electron chi connectivity index (χ4n) is 3.56. The molecule has 2 aromatic carbocycles. The number of benzene rings is 2. The van der Waals surface area contributed by atoms with Crippen molar-refractivity contribution in [1.82, 2.24) is 9.88 Å². The minimum Gasteiger partial charge on any atom is -0.507 e. The predicted octanol–water partition coefficient (Wildman–Crippen LogP) is 5.34. The van der Waals surface area contributed by atoms with Crippen LogP contribution in [0, 0.1) is 0 Å². The Balaban J connectivity index is 0.000000271. The lowest BCUT2D eigenvalue weighted by atomic mass is 10.2. The molecule has 34 heavy (non-hydrogen) atoms. The van der Waals surface area contributed by atoms with Crippen molar-refractivity contribution in [2.75, 3.05) is 44.3 Å². The van der Waals surface area contributed by atoms with Gasteiger partial charge in [0.2, 0.25) is 0 Å². The summed E-state index contributed by atoms with van der Waals surface area (Å²) in [6.45, 7) is 5.63. The van der Waals surface area contributed by atoms with Crippen LogP contribution in [0.4, 0.5) is 11.4 Å². The van der Waals surface area contributed by atoms with Gasteiger partial charge in [0.15, 0.2) is 0 Å². The minimum atomic E-state index is -1.11. The molecule has 1 saturated heterocycles. The fraction of sp³-hybridized carbons (Fsp3) is 0.280. The highest BCUT2D eigenvalue weighted by Gasteiger charge is 2.14. The van der Waals surface area contributed by atoms with E-state index in [1.807, 2.05) is 24.3 Å². The van der Waals surface area contributed by atoms with Crippen LogP contribution in [0.1, 0.15) is 16.8 Å². The van der Waals surface area contributed by atoms with Crippen LogP contribution in [-0.2, 0) is 4.74 Å². The Hall–Kier alpha value is -2.84. The normalized spacial score (nSPS) is 13.6. The minimum absolute atomic E-state index is 0.0671. The molecule has 0 saturated carbocycles. The molecule has 2 heterocycles. The number of aromatic hydroxyl groups is 1. The molecule has 3 aromatic rings.